The molecule has 0 fully saturated rings. The van der Waals surface area contributed by atoms with Crippen molar-refractivity contribution in [2.75, 3.05) is 13.7 Å². The Morgan fingerprint density at radius 1 is 1.30 bits per heavy atom. The number of carbonyl (C=O) groups excluding carboxylic acids is 2. The van der Waals surface area contributed by atoms with E-state index in [1.165, 1.54) is 19.2 Å². The Balaban J connectivity index is 2.54. The number of carbonyl (C=O) groups is 2. The van der Waals surface area contributed by atoms with Crippen LogP contribution in [-0.2, 0) is 9.53 Å². The number of nitro groups is 1. The van der Waals surface area contributed by atoms with Crippen LogP contribution in [0.1, 0.15) is 44.7 Å². The van der Waals surface area contributed by atoms with Gasteiger partial charge in [0, 0.05) is 11.8 Å². The zero-order chi connectivity index (χ0) is 20.0. The molecule has 0 bridgehead atoms. The zero-order valence-electron chi connectivity index (χ0n) is 15.5. The van der Waals surface area contributed by atoms with Crippen molar-refractivity contribution in [3.63, 3.8) is 0 Å². The first-order valence-corrected chi connectivity index (χ1v) is 8.72. The highest BCUT2D eigenvalue weighted by Crippen LogP contribution is 2.35. The molecule has 0 saturated heterocycles. The summed E-state index contributed by atoms with van der Waals surface area (Å²) in [6.07, 6.45) is 1.87. The largest absolute Gasteiger partial charge is 0.487 e. The number of esters is 1. The van der Waals surface area contributed by atoms with Gasteiger partial charge >= 0.3 is 17.7 Å². The van der Waals surface area contributed by atoms with E-state index in [2.05, 4.69) is 10.6 Å². The molecular formula is C18H23N3O6. The minimum absolute atomic E-state index is 0.142. The summed E-state index contributed by atoms with van der Waals surface area (Å²) < 4.78 is 10.3. The van der Waals surface area contributed by atoms with Crippen LogP contribution < -0.4 is 15.4 Å². The summed E-state index contributed by atoms with van der Waals surface area (Å²) in [5.41, 5.74) is 0.854. The lowest BCUT2D eigenvalue weighted by atomic mass is 9.93. The number of nitrogens with one attached hydrogen (secondary N) is 2. The average Bonchev–Trinajstić information content (AvgIpc) is 2.65. The minimum Gasteiger partial charge on any atom is -0.487 e. The van der Waals surface area contributed by atoms with Gasteiger partial charge in [-0.1, -0.05) is 26.3 Å². The molecule has 1 unspecified atom stereocenters. The quantitative estimate of drug-likeness (QED) is 0.408. The predicted octanol–water partition coefficient (Wildman–Crippen LogP) is 2.96. The topological polar surface area (TPSA) is 120 Å². The second kappa shape index (κ2) is 9.02. The lowest BCUT2D eigenvalue weighted by molar-refractivity contribution is -0.385. The Bertz CT molecular complexity index is 774. The van der Waals surface area contributed by atoms with Crippen LogP contribution in [-0.4, -0.2) is 30.6 Å². The van der Waals surface area contributed by atoms with Crippen molar-refractivity contribution < 1.29 is 24.0 Å². The molecule has 1 heterocycles. The maximum atomic E-state index is 12.3. The first kappa shape index (κ1) is 20.2. The SMILES string of the molecule is CCCOc1ccc(C2NC(=O)NC(CCC)=C2C(=O)OC)cc1[N+](=O)[O-]. The molecule has 0 aliphatic carbocycles. The van der Waals surface area contributed by atoms with E-state index >= 15 is 0 Å². The molecule has 0 saturated carbocycles. The molecule has 9 heteroatoms. The summed E-state index contributed by atoms with van der Waals surface area (Å²) in [4.78, 5) is 35.3. The fourth-order valence-electron chi connectivity index (χ4n) is 2.86. The number of nitrogens with zero attached hydrogens (tertiary/aromatic N) is 1. The molecule has 0 radical (unpaired) electrons. The Kier molecular flexibility index (Phi) is 6.75. The molecule has 2 rings (SSSR count). The van der Waals surface area contributed by atoms with E-state index in [1.54, 1.807) is 6.07 Å². The molecular weight excluding hydrogens is 354 g/mol. The number of amides is 2. The summed E-state index contributed by atoms with van der Waals surface area (Å²) in [6, 6.07) is 3.05. The van der Waals surface area contributed by atoms with Crippen LogP contribution in [0.5, 0.6) is 5.75 Å². The van der Waals surface area contributed by atoms with Gasteiger partial charge in [0.15, 0.2) is 5.75 Å². The lowest BCUT2D eigenvalue weighted by Gasteiger charge is -2.29. The van der Waals surface area contributed by atoms with Crippen LogP contribution in [0.2, 0.25) is 0 Å². The van der Waals surface area contributed by atoms with Gasteiger partial charge < -0.3 is 20.1 Å². The van der Waals surface area contributed by atoms with E-state index in [0.717, 1.165) is 0 Å². The number of hydrogen-bond donors (Lipinski definition) is 2. The van der Waals surface area contributed by atoms with Crippen molar-refractivity contribution in [1.29, 1.82) is 0 Å². The molecule has 2 N–H and O–H groups in total. The summed E-state index contributed by atoms with van der Waals surface area (Å²) in [6.45, 7) is 4.15. The van der Waals surface area contributed by atoms with Gasteiger partial charge in [-0.15, -0.1) is 0 Å². The Labute approximate surface area is 156 Å². The van der Waals surface area contributed by atoms with E-state index in [1.807, 2.05) is 13.8 Å². The molecule has 1 aliphatic heterocycles. The van der Waals surface area contributed by atoms with E-state index in [4.69, 9.17) is 9.47 Å². The van der Waals surface area contributed by atoms with Gasteiger partial charge in [-0.05, 0) is 24.5 Å². The molecule has 1 aromatic rings. The third kappa shape index (κ3) is 4.55. The fourth-order valence-corrected chi connectivity index (χ4v) is 2.86. The number of nitro benzene ring substituents is 1. The van der Waals surface area contributed by atoms with Crippen molar-refractivity contribution in [3.05, 3.63) is 45.1 Å². The maximum Gasteiger partial charge on any atom is 0.337 e. The van der Waals surface area contributed by atoms with Crippen LogP contribution in [0.3, 0.4) is 0 Å². The second-order valence-electron chi connectivity index (χ2n) is 6.00. The number of rotatable bonds is 8. The Hall–Kier alpha value is -3.10. The first-order valence-electron chi connectivity index (χ1n) is 8.72. The maximum absolute atomic E-state index is 12.3. The van der Waals surface area contributed by atoms with Gasteiger partial charge in [0.25, 0.3) is 0 Å². The first-order chi connectivity index (χ1) is 12.9. The monoisotopic (exact) mass is 377 g/mol. The fraction of sp³-hybridized carbons (Fsp3) is 0.444. The van der Waals surface area contributed by atoms with Crippen LogP contribution in [0.25, 0.3) is 0 Å². The standard InChI is InChI=1S/C18H23N3O6/c1-4-6-12-15(17(22)26-3)16(20-18(23)19-12)11-7-8-14(27-9-5-2)13(10-11)21(24)25/h7-8,10,16H,4-6,9H2,1-3H3,(H2,19,20,23). The van der Waals surface area contributed by atoms with Gasteiger partial charge in [-0.2, -0.15) is 0 Å². The smallest absolute Gasteiger partial charge is 0.337 e. The molecule has 1 atom stereocenters. The molecule has 1 aliphatic rings. The molecule has 0 aromatic heterocycles. The van der Waals surface area contributed by atoms with Crippen molar-refractivity contribution in [3.8, 4) is 5.75 Å². The van der Waals surface area contributed by atoms with Gasteiger partial charge in [-0.3, -0.25) is 10.1 Å². The predicted molar refractivity (Wildman–Crippen MR) is 97.2 cm³/mol. The summed E-state index contributed by atoms with van der Waals surface area (Å²) in [5.74, 6) is -0.465. The molecule has 146 valence electrons. The zero-order valence-corrected chi connectivity index (χ0v) is 15.5. The molecule has 1 aromatic carbocycles. The van der Waals surface area contributed by atoms with Crippen molar-refractivity contribution >= 4 is 17.7 Å². The molecule has 0 spiro atoms. The Morgan fingerprint density at radius 2 is 2.04 bits per heavy atom. The van der Waals surface area contributed by atoms with E-state index in [9.17, 15) is 19.7 Å². The normalized spacial score (nSPS) is 16.4. The minimum atomic E-state index is -0.855. The highest BCUT2D eigenvalue weighted by atomic mass is 16.6. The second-order valence-corrected chi connectivity index (χ2v) is 6.00. The third-order valence-electron chi connectivity index (χ3n) is 4.03. The highest BCUT2D eigenvalue weighted by molar-refractivity contribution is 5.95. The number of ether oxygens (including phenoxy) is 2. The van der Waals surface area contributed by atoms with Crippen molar-refractivity contribution in [2.24, 2.45) is 0 Å². The average molecular weight is 377 g/mol. The van der Waals surface area contributed by atoms with E-state index < -0.39 is 23.0 Å². The van der Waals surface area contributed by atoms with Crippen LogP contribution in [0.15, 0.2) is 29.5 Å². The molecule has 27 heavy (non-hydrogen) atoms. The highest BCUT2D eigenvalue weighted by Gasteiger charge is 2.34. The molecule has 2 amide bonds. The summed E-state index contributed by atoms with van der Waals surface area (Å²) in [5, 5.41) is 16.7. The van der Waals surface area contributed by atoms with Gasteiger partial charge in [0.1, 0.15) is 0 Å². The van der Waals surface area contributed by atoms with Crippen molar-refractivity contribution in [1.82, 2.24) is 10.6 Å². The van der Waals surface area contributed by atoms with Crippen molar-refractivity contribution in [2.45, 2.75) is 39.2 Å². The van der Waals surface area contributed by atoms with Gasteiger partial charge in [0.05, 0.1) is 30.3 Å². The lowest BCUT2D eigenvalue weighted by Crippen LogP contribution is -2.45. The number of allylic oxidation sites excluding steroid dienone is 1. The summed E-state index contributed by atoms with van der Waals surface area (Å²) in [7, 11) is 1.25. The van der Waals surface area contributed by atoms with Crippen LogP contribution >= 0.6 is 0 Å². The summed E-state index contributed by atoms with van der Waals surface area (Å²) >= 11 is 0. The number of methoxy groups -OCH3 is 1. The van der Waals surface area contributed by atoms with E-state index in [-0.39, 0.29) is 17.0 Å². The van der Waals surface area contributed by atoms with Gasteiger partial charge in [-0.25, -0.2) is 9.59 Å². The van der Waals surface area contributed by atoms with E-state index in [0.29, 0.717) is 37.1 Å². The van der Waals surface area contributed by atoms with Gasteiger partial charge in [0.2, 0.25) is 0 Å². The third-order valence-corrected chi connectivity index (χ3v) is 4.03. The molecule has 9 nitrogen and oxygen atoms in total. The van der Waals surface area contributed by atoms with Crippen LogP contribution in [0, 0.1) is 10.1 Å². The number of urea groups is 1. The van der Waals surface area contributed by atoms with Crippen LogP contribution in [0.4, 0.5) is 10.5 Å². The number of hydrogen-bond acceptors (Lipinski definition) is 6. The number of benzene rings is 1. The Morgan fingerprint density at radius 3 is 2.63 bits per heavy atom.